The zero-order chi connectivity index (χ0) is 15.7. The monoisotopic (exact) mass is 330 g/mol. The van der Waals surface area contributed by atoms with Crippen LogP contribution in [0.1, 0.15) is 46.0 Å². The van der Waals surface area contributed by atoms with E-state index in [-0.39, 0.29) is 4.08 Å². The van der Waals surface area contributed by atoms with Crippen molar-refractivity contribution < 1.29 is 0 Å². The Kier molecular flexibility index (Phi) is 7.41. The van der Waals surface area contributed by atoms with Crippen molar-refractivity contribution in [1.29, 1.82) is 0 Å². The smallest absolute Gasteiger partial charge is 0.0677 e. The fourth-order valence-electron chi connectivity index (χ4n) is 2.47. The van der Waals surface area contributed by atoms with Crippen molar-refractivity contribution in [2.45, 2.75) is 59.8 Å². The molecule has 2 heteroatoms. The highest BCUT2D eigenvalue weighted by molar-refractivity contribution is 8.18. The van der Waals surface area contributed by atoms with Gasteiger partial charge in [-0.05, 0) is 37.6 Å². The van der Waals surface area contributed by atoms with Crippen molar-refractivity contribution in [3.05, 3.63) is 60.7 Å². The Labute approximate surface area is 144 Å². The number of thioether (sulfide) groups is 2. The number of hydrogen-bond donors (Lipinski definition) is 0. The van der Waals surface area contributed by atoms with Gasteiger partial charge in [0, 0.05) is 9.79 Å². The first-order valence-electron chi connectivity index (χ1n) is 8.20. The maximum Gasteiger partial charge on any atom is 0.0677 e. The summed E-state index contributed by atoms with van der Waals surface area (Å²) >= 11 is 4.01. The van der Waals surface area contributed by atoms with E-state index >= 15 is 0 Å². The zero-order valence-electron chi connectivity index (χ0n) is 13.6. The van der Waals surface area contributed by atoms with Crippen molar-refractivity contribution in [3.63, 3.8) is 0 Å². The molecule has 0 saturated heterocycles. The Morgan fingerprint density at radius 1 is 0.727 bits per heavy atom. The topological polar surface area (TPSA) is 0 Å². The summed E-state index contributed by atoms with van der Waals surface area (Å²) in [6.45, 7) is 4.67. The minimum absolute atomic E-state index is 0.191. The van der Waals surface area contributed by atoms with Crippen LogP contribution in [0.5, 0.6) is 0 Å². The third-order valence-corrected chi connectivity index (χ3v) is 6.43. The van der Waals surface area contributed by atoms with Crippen molar-refractivity contribution in [1.82, 2.24) is 0 Å². The van der Waals surface area contributed by atoms with E-state index in [1.54, 1.807) is 0 Å². The van der Waals surface area contributed by atoms with Gasteiger partial charge in [0.15, 0.2) is 0 Å². The van der Waals surface area contributed by atoms with Crippen molar-refractivity contribution in [2.24, 2.45) is 0 Å². The second kappa shape index (κ2) is 9.32. The molecule has 0 spiro atoms. The molecule has 0 atom stereocenters. The summed E-state index contributed by atoms with van der Waals surface area (Å²) in [5.41, 5.74) is 0. The predicted octanol–water partition coefficient (Wildman–Crippen LogP) is 7.26. The van der Waals surface area contributed by atoms with Gasteiger partial charge in [-0.3, -0.25) is 0 Å². The first kappa shape index (κ1) is 17.5. The van der Waals surface area contributed by atoms with Crippen LogP contribution in [0.25, 0.3) is 0 Å². The van der Waals surface area contributed by atoms with E-state index in [0.29, 0.717) is 0 Å². The standard InChI is InChI=1S/C20H26S2/c1-3-4-5-12-17-20(2,21-18-13-8-6-9-14-18)22-19-15-10-7-11-16-19/h6-11,13-16H,3-5,12,17H2,1-2H3. The molecule has 2 rings (SSSR count). The lowest BCUT2D eigenvalue weighted by Gasteiger charge is -2.28. The highest BCUT2D eigenvalue weighted by Crippen LogP contribution is 2.48. The second-order valence-corrected chi connectivity index (χ2v) is 9.19. The van der Waals surface area contributed by atoms with E-state index in [2.05, 4.69) is 74.5 Å². The van der Waals surface area contributed by atoms with Gasteiger partial charge in [-0.25, -0.2) is 0 Å². The summed E-state index contributed by atoms with van der Waals surface area (Å²) in [6, 6.07) is 21.6. The van der Waals surface area contributed by atoms with Crippen molar-refractivity contribution in [3.8, 4) is 0 Å². The molecular weight excluding hydrogens is 304 g/mol. The third-order valence-electron chi connectivity index (χ3n) is 3.64. The molecular formula is C20H26S2. The predicted molar refractivity (Wildman–Crippen MR) is 102 cm³/mol. The molecule has 2 aromatic carbocycles. The molecule has 0 nitrogen and oxygen atoms in total. The first-order chi connectivity index (χ1) is 10.7. The Morgan fingerprint density at radius 2 is 1.23 bits per heavy atom. The lowest BCUT2D eigenvalue weighted by Crippen LogP contribution is -2.14. The first-order valence-corrected chi connectivity index (χ1v) is 9.83. The van der Waals surface area contributed by atoms with Crippen molar-refractivity contribution >= 4 is 23.5 Å². The molecule has 0 aliphatic heterocycles. The van der Waals surface area contributed by atoms with E-state index in [0.717, 1.165) is 0 Å². The maximum atomic E-state index is 2.40. The molecule has 0 unspecified atom stereocenters. The molecule has 2 aromatic rings. The van der Waals surface area contributed by atoms with Crippen molar-refractivity contribution in [2.75, 3.05) is 0 Å². The third kappa shape index (κ3) is 6.10. The average molecular weight is 331 g/mol. The molecule has 118 valence electrons. The Bertz CT molecular complexity index is 480. The van der Waals surface area contributed by atoms with E-state index in [9.17, 15) is 0 Å². The van der Waals surface area contributed by atoms with Gasteiger partial charge < -0.3 is 0 Å². The molecule has 0 N–H and O–H groups in total. The number of hydrogen-bond acceptors (Lipinski definition) is 2. The second-order valence-electron chi connectivity index (χ2n) is 5.77. The van der Waals surface area contributed by atoms with E-state index in [1.807, 2.05) is 23.5 Å². The van der Waals surface area contributed by atoms with Gasteiger partial charge in [-0.1, -0.05) is 69.0 Å². The number of benzene rings is 2. The van der Waals surface area contributed by atoms with Crippen LogP contribution in [0.15, 0.2) is 70.5 Å². The molecule has 0 saturated carbocycles. The van der Waals surface area contributed by atoms with Gasteiger partial charge in [-0.2, -0.15) is 0 Å². The molecule has 0 radical (unpaired) electrons. The molecule has 0 bridgehead atoms. The van der Waals surface area contributed by atoms with Gasteiger partial charge in [0.2, 0.25) is 0 Å². The maximum absolute atomic E-state index is 2.40. The zero-order valence-corrected chi connectivity index (χ0v) is 15.3. The number of rotatable bonds is 9. The molecule has 0 amide bonds. The van der Waals surface area contributed by atoms with Crippen LogP contribution in [0, 0.1) is 0 Å². The highest BCUT2D eigenvalue weighted by Gasteiger charge is 2.26. The van der Waals surface area contributed by atoms with Gasteiger partial charge in [-0.15, -0.1) is 23.5 Å². The SMILES string of the molecule is CCCCCCC(C)(Sc1ccccc1)Sc1ccccc1. The highest BCUT2D eigenvalue weighted by atomic mass is 32.2. The van der Waals surface area contributed by atoms with Crippen LogP contribution >= 0.6 is 23.5 Å². The Hall–Kier alpha value is -0.860. The van der Waals surface area contributed by atoms with Gasteiger partial charge in [0.1, 0.15) is 0 Å². The number of unbranched alkanes of at least 4 members (excludes halogenated alkanes) is 3. The summed E-state index contributed by atoms with van der Waals surface area (Å²) in [6.07, 6.45) is 6.55. The molecule has 0 heterocycles. The lowest BCUT2D eigenvalue weighted by atomic mass is 10.1. The summed E-state index contributed by atoms with van der Waals surface area (Å²) in [7, 11) is 0. The van der Waals surface area contributed by atoms with E-state index < -0.39 is 0 Å². The Balaban J connectivity index is 2.05. The Morgan fingerprint density at radius 3 is 1.68 bits per heavy atom. The van der Waals surface area contributed by atoms with Crippen LogP contribution in [-0.2, 0) is 0 Å². The fourth-order valence-corrected chi connectivity index (χ4v) is 5.29. The minimum Gasteiger partial charge on any atom is -0.108 e. The molecule has 22 heavy (non-hydrogen) atoms. The molecule has 0 aliphatic rings. The summed E-state index contributed by atoms with van der Waals surface area (Å²) < 4.78 is 0.191. The van der Waals surface area contributed by atoms with Crippen LogP contribution in [0.3, 0.4) is 0 Å². The fraction of sp³-hybridized carbons (Fsp3) is 0.400. The average Bonchev–Trinajstić information content (AvgIpc) is 2.53. The van der Waals surface area contributed by atoms with E-state index in [4.69, 9.17) is 0 Å². The summed E-state index contributed by atoms with van der Waals surface area (Å²) in [5, 5.41) is 0. The van der Waals surface area contributed by atoms with Crippen LogP contribution in [0.2, 0.25) is 0 Å². The summed E-state index contributed by atoms with van der Waals surface area (Å²) in [5.74, 6) is 0. The quantitative estimate of drug-likeness (QED) is 0.269. The van der Waals surface area contributed by atoms with Gasteiger partial charge in [0.05, 0.1) is 4.08 Å². The minimum atomic E-state index is 0.191. The van der Waals surface area contributed by atoms with Crippen LogP contribution < -0.4 is 0 Å². The van der Waals surface area contributed by atoms with E-state index in [1.165, 1.54) is 41.9 Å². The van der Waals surface area contributed by atoms with Gasteiger partial charge >= 0.3 is 0 Å². The van der Waals surface area contributed by atoms with Crippen LogP contribution in [-0.4, -0.2) is 4.08 Å². The molecule has 0 aromatic heterocycles. The normalized spacial score (nSPS) is 11.5. The van der Waals surface area contributed by atoms with Gasteiger partial charge in [0.25, 0.3) is 0 Å². The lowest BCUT2D eigenvalue weighted by molar-refractivity contribution is 0.616. The van der Waals surface area contributed by atoms with Crippen LogP contribution in [0.4, 0.5) is 0 Å². The molecule has 0 aliphatic carbocycles. The summed E-state index contributed by atoms with van der Waals surface area (Å²) in [4.78, 5) is 2.73. The molecule has 0 fully saturated rings. The largest absolute Gasteiger partial charge is 0.108 e.